The molecule has 0 saturated carbocycles. The molecule has 2 heterocycles. The number of methoxy groups -OCH3 is 2. The molecule has 0 aliphatic rings. The Morgan fingerprint density at radius 2 is 1.67 bits per heavy atom. The number of nitrogens with zero attached hydrogens (tertiary/aromatic N) is 2. The maximum atomic E-state index is 13.0. The van der Waals surface area contributed by atoms with E-state index in [4.69, 9.17) is 14.5 Å². The second-order valence-corrected chi connectivity index (χ2v) is 10.0. The number of carbonyl (C=O) groups is 1. The topological polar surface area (TPSA) is 65.4 Å². The first-order valence-corrected chi connectivity index (χ1v) is 13.0. The number of nitrogens with one attached hydrogen (secondary N) is 1. The minimum absolute atomic E-state index is 0.0451. The molecule has 1 amide bonds. The molecule has 0 aliphatic heterocycles. The molecule has 1 N–H and O–H groups in total. The Bertz CT molecular complexity index is 1300. The van der Waals surface area contributed by atoms with Gasteiger partial charge in [0.05, 0.1) is 31.2 Å². The average Bonchev–Trinajstić information content (AvgIpc) is 3.51. The van der Waals surface area contributed by atoms with Crippen molar-refractivity contribution in [3.05, 3.63) is 76.8 Å². The van der Waals surface area contributed by atoms with Gasteiger partial charge in [-0.1, -0.05) is 26.0 Å². The zero-order chi connectivity index (χ0) is 25.7. The van der Waals surface area contributed by atoms with Crippen molar-refractivity contribution >= 4 is 17.2 Å². The zero-order valence-corrected chi connectivity index (χ0v) is 22.3. The molecule has 2 aromatic carbocycles. The Labute approximate surface area is 216 Å². The molecule has 4 rings (SSSR count). The van der Waals surface area contributed by atoms with E-state index in [1.807, 2.05) is 49.4 Å². The van der Waals surface area contributed by atoms with Crippen LogP contribution in [0.4, 0.5) is 0 Å². The van der Waals surface area contributed by atoms with Crippen LogP contribution in [-0.4, -0.2) is 36.2 Å². The van der Waals surface area contributed by atoms with Gasteiger partial charge in [0.2, 0.25) is 0 Å². The minimum atomic E-state index is -0.0451. The van der Waals surface area contributed by atoms with Gasteiger partial charge in [0.1, 0.15) is 16.5 Å². The number of hydrogen-bond acceptors (Lipinski definition) is 5. The third kappa shape index (κ3) is 5.79. The summed E-state index contributed by atoms with van der Waals surface area (Å²) in [6, 6.07) is 18.0. The lowest BCUT2D eigenvalue weighted by Gasteiger charge is -2.12. The van der Waals surface area contributed by atoms with E-state index in [0.717, 1.165) is 52.1 Å². The van der Waals surface area contributed by atoms with Crippen molar-refractivity contribution in [3.8, 4) is 33.5 Å². The molecule has 0 saturated heterocycles. The Morgan fingerprint density at radius 1 is 1.03 bits per heavy atom. The number of aromatic nitrogens is 2. The molecule has 0 atom stereocenters. The van der Waals surface area contributed by atoms with Crippen molar-refractivity contribution in [2.75, 3.05) is 20.8 Å². The SMILES string of the molecule is COc1ccc(CCn2c(-c3csc(-c4ccc(OC)cc4)n3)cc(C(=O)NCC(C)C)c2C)cc1. The predicted octanol–water partition coefficient (Wildman–Crippen LogP) is 6.23. The highest BCUT2D eigenvalue weighted by Crippen LogP contribution is 2.32. The van der Waals surface area contributed by atoms with Crippen molar-refractivity contribution in [1.29, 1.82) is 0 Å². The summed E-state index contributed by atoms with van der Waals surface area (Å²) >= 11 is 1.60. The van der Waals surface area contributed by atoms with E-state index in [-0.39, 0.29) is 5.91 Å². The van der Waals surface area contributed by atoms with Crippen LogP contribution < -0.4 is 14.8 Å². The fourth-order valence-corrected chi connectivity index (χ4v) is 4.88. The summed E-state index contributed by atoms with van der Waals surface area (Å²) < 4.78 is 12.8. The highest BCUT2D eigenvalue weighted by molar-refractivity contribution is 7.13. The molecule has 36 heavy (non-hydrogen) atoms. The molecule has 7 heteroatoms. The van der Waals surface area contributed by atoms with Gasteiger partial charge >= 0.3 is 0 Å². The molecule has 0 fully saturated rings. The first-order valence-electron chi connectivity index (χ1n) is 12.1. The van der Waals surface area contributed by atoms with Gasteiger partial charge in [-0.2, -0.15) is 0 Å². The van der Waals surface area contributed by atoms with Gasteiger partial charge in [0.25, 0.3) is 5.91 Å². The van der Waals surface area contributed by atoms with E-state index in [1.54, 1.807) is 25.6 Å². The second-order valence-electron chi connectivity index (χ2n) is 9.15. The van der Waals surface area contributed by atoms with Crippen molar-refractivity contribution in [2.45, 2.75) is 33.7 Å². The van der Waals surface area contributed by atoms with Gasteiger partial charge in [-0.25, -0.2) is 4.98 Å². The molecule has 0 aliphatic carbocycles. The van der Waals surface area contributed by atoms with Gasteiger partial charge in [-0.3, -0.25) is 4.79 Å². The molecule has 0 bridgehead atoms. The summed E-state index contributed by atoms with van der Waals surface area (Å²) in [6.07, 6.45) is 0.828. The maximum absolute atomic E-state index is 13.0. The summed E-state index contributed by atoms with van der Waals surface area (Å²) in [6.45, 7) is 7.57. The van der Waals surface area contributed by atoms with E-state index in [1.165, 1.54) is 5.56 Å². The standard InChI is InChI=1S/C29H33N3O3S/c1-19(2)17-30-28(33)25-16-27(26-18-36-29(31-26)22-8-12-24(35-5)13-9-22)32(20(25)3)15-14-21-6-10-23(34-4)11-7-21/h6-13,16,18-19H,14-15,17H2,1-5H3,(H,30,33). The number of ether oxygens (including phenoxy) is 2. The second kappa shape index (κ2) is 11.4. The smallest absolute Gasteiger partial charge is 0.253 e. The lowest BCUT2D eigenvalue weighted by molar-refractivity contribution is 0.0948. The molecular formula is C29H33N3O3S. The summed E-state index contributed by atoms with van der Waals surface area (Å²) in [5, 5.41) is 6.06. The number of carbonyl (C=O) groups excluding carboxylic acids is 1. The van der Waals surface area contributed by atoms with E-state index >= 15 is 0 Å². The van der Waals surface area contributed by atoms with Crippen LogP contribution in [0.3, 0.4) is 0 Å². The van der Waals surface area contributed by atoms with Gasteiger partial charge in [-0.05, 0) is 67.3 Å². The number of hydrogen-bond donors (Lipinski definition) is 1. The minimum Gasteiger partial charge on any atom is -0.497 e. The van der Waals surface area contributed by atoms with Gasteiger partial charge in [-0.15, -0.1) is 11.3 Å². The van der Waals surface area contributed by atoms with Crippen LogP contribution >= 0.6 is 11.3 Å². The molecule has 0 unspecified atom stereocenters. The zero-order valence-electron chi connectivity index (χ0n) is 21.5. The van der Waals surface area contributed by atoms with Crippen LogP contribution in [0.2, 0.25) is 0 Å². The molecule has 0 spiro atoms. The average molecular weight is 504 g/mol. The third-order valence-electron chi connectivity index (χ3n) is 6.17. The molecule has 2 aromatic heterocycles. The van der Waals surface area contributed by atoms with Crippen LogP contribution in [0.15, 0.2) is 60.0 Å². The van der Waals surface area contributed by atoms with E-state index in [2.05, 4.69) is 41.2 Å². The lowest BCUT2D eigenvalue weighted by atomic mass is 10.1. The van der Waals surface area contributed by atoms with E-state index in [0.29, 0.717) is 18.0 Å². The summed E-state index contributed by atoms with van der Waals surface area (Å²) in [4.78, 5) is 18.0. The molecule has 4 aromatic rings. The summed E-state index contributed by atoms with van der Waals surface area (Å²) in [5.41, 5.74) is 5.70. The molecule has 6 nitrogen and oxygen atoms in total. The maximum Gasteiger partial charge on any atom is 0.253 e. The van der Waals surface area contributed by atoms with E-state index < -0.39 is 0 Å². The predicted molar refractivity (Wildman–Crippen MR) is 146 cm³/mol. The first kappa shape index (κ1) is 25.5. The van der Waals surface area contributed by atoms with Crippen LogP contribution in [0.5, 0.6) is 11.5 Å². The van der Waals surface area contributed by atoms with Gasteiger partial charge in [0, 0.05) is 29.7 Å². The number of rotatable bonds is 10. The Kier molecular flexibility index (Phi) is 8.10. The number of amides is 1. The quantitative estimate of drug-likeness (QED) is 0.278. The normalized spacial score (nSPS) is 11.1. The number of aryl methyl sites for hydroxylation is 1. The number of thiazole rings is 1. The van der Waals surface area contributed by atoms with E-state index in [9.17, 15) is 4.79 Å². The van der Waals surface area contributed by atoms with Crippen molar-refractivity contribution < 1.29 is 14.3 Å². The fraction of sp³-hybridized carbons (Fsp3) is 0.310. The molecule has 0 radical (unpaired) electrons. The van der Waals surface area contributed by atoms with Crippen molar-refractivity contribution in [1.82, 2.24) is 14.9 Å². The summed E-state index contributed by atoms with van der Waals surface area (Å²) in [5.74, 6) is 2.00. The fourth-order valence-electron chi connectivity index (χ4n) is 4.06. The monoisotopic (exact) mass is 503 g/mol. The van der Waals surface area contributed by atoms with Gasteiger partial charge in [0.15, 0.2) is 0 Å². The van der Waals surface area contributed by atoms with Crippen LogP contribution in [0.1, 0.15) is 35.5 Å². The third-order valence-corrected chi connectivity index (χ3v) is 7.06. The Hall–Kier alpha value is -3.58. The Balaban J connectivity index is 1.66. The highest BCUT2D eigenvalue weighted by Gasteiger charge is 2.20. The lowest BCUT2D eigenvalue weighted by Crippen LogP contribution is -2.27. The highest BCUT2D eigenvalue weighted by atomic mass is 32.1. The van der Waals surface area contributed by atoms with Crippen molar-refractivity contribution in [2.24, 2.45) is 5.92 Å². The van der Waals surface area contributed by atoms with Crippen molar-refractivity contribution in [3.63, 3.8) is 0 Å². The Morgan fingerprint density at radius 3 is 2.28 bits per heavy atom. The first-order chi connectivity index (χ1) is 17.4. The molecular weight excluding hydrogens is 470 g/mol. The van der Waals surface area contributed by atoms with Crippen LogP contribution in [0.25, 0.3) is 22.0 Å². The van der Waals surface area contributed by atoms with Crippen LogP contribution in [-0.2, 0) is 13.0 Å². The van der Waals surface area contributed by atoms with Gasteiger partial charge < -0.3 is 19.4 Å². The van der Waals surface area contributed by atoms with Crippen LogP contribution in [0, 0.1) is 12.8 Å². The summed E-state index contributed by atoms with van der Waals surface area (Å²) in [7, 11) is 3.33. The molecule has 188 valence electrons. The number of benzene rings is 2. The largest absolute Gasteiger partial charge is 0.497 e.